The lowest BCUT2D eigenvalue weighted by atomic mass is 9.75. The zero-order valence-electron chi connectivity index (χ0n) is 9.91. The van der Waals surface area contributed by atoms with E-state index >= 15 is 0 Å². The van der Waals surface area contributed by atoms with Gasteiger partial charge in [0.1, 0.15) is 0 Å². The van der Waals surface area contributed by atoms with Gasteiger partial charge in [0.2, 0.25) is 0 Å². The van der Waals surface area contributed by atoms with Crippen molar-refractivity contribution in [2.75, 3.05) is 13.2 Å². The Kier molecular flexibility index (Phi) is 7.01. The Morgan fingerprint density at radius 3 is 1.75 bits per heavy atom. The summed E-state index contributed by atoms with van der Waals surface area (Å²) in [5.41, 5.74) is 0.0492. The van der Waals surface area contributed by atoms with Gasteiger partial charge in [-0.15, -0.1) is 0 Å². The molecule has 0 unspecified atom stereocenters. The molecule has 4 heteroatoms. The largest absolute Gasteiger partial charge is 0.478 e. The summed E-state index contributed by atoms with van der Waals surface area (Å²) in [4.78, 5) is 9.60. The quantitative estimate of drug-likeness (QED) is 0.643. The maximum Gasteiger partial charge on any atom is 0.330 e. The van der Waals surface area contributed by atoms with E-state index in [1.54, 1.807) is 0 Å². The fourth-order valence-corrected chi connectivity index (χ4v) is 1.67. The maximum absolute atomic E-state index is 9.60. The van der Waals surface area contributed by atoms with Crippen LogP contribution in [0.1, 0.15) is 39.0 Å². The zero-order valence-corrected chi connectivity index (χ0v) is 9.91. The van der Waals surface area contributed by atoms with Crippen molar-refractivity contribution in [3.63, 3.8) is 0 Å². The molecular formula is C12H22O4. The van der Waals surface area contributed by atoms with Crippen molar-refractivity contribution in [2.24, 2.45) is 5.41 Å². The molecule has 1 aliphatic rings. The minimum atomic E-state index is -0.935. The molecule has 0 bridgehead atoms. The third-order valence-electron chi connectivity index (χ3n) is 2.95. The minimum Gasteiger partial charge on any atom is -0.478 e. The number of hydrogen-bond acceptors (Lipinski definition) is 3. The van der Waals surface area contributed by atoms with Crippen LogP contribution < -0.4 is 0 Å². The molecule has 0 spiro atoms. The van der Waals surface area contributed by atoms with Gasteiger partial charge in [-0.3, -0.25) is 0 Å². The summed E-state index contributed by atoms with van der Waals surface area (Å²) < 4.78 is 0. The van der Waals surface area contributed by atoms with Crippen molar-refractivity contribution >= 4 is 5.97 Å². The molecule has 0 saturated heterocycles. The van der Waals surface area contributed by atoms with E-state index in [1.807, 2.05) is 0 Å². The molecule has 1 aliphatic carbocycles. The Labute approximate surface area is 96.6 Å². The maximum atomic E-state index is 9.60. The van der Waals surface area contributed by atoms with E-state index in [0.29, 0.717) is 0 Å². The van der Waals surface area contributed by atoms with Gasteiger partial charge >= 0.3 is 5.97 Å². The van der Waals surface area contributed by atoms with Gasteiger partial charge < -0.3 is 15.3 Å². The lowest BCUT2D eigenvalue weighted by Crippen LogP contribution is -2.31. The molecule has 1 rings (SSSR count). The predicted octanol–water partition coefficient (Wildman–Crippen LogP) is 1.57. The van der Waals surface area contributed by atoms with Gasteiger partial charge in [-0.1, -0.05) is 25.8 Å². The van der Waals surface area contributed by atoms with Crippen molar-refractivity contribution < 1.29 is 20.1 Å². The van der Waals surface area contributed by atoms with Crippen LogP contribution in [0.4, 0.5) is 0 Å². The monoisotopic (exact) mass is 230 g/mol. The number of aliphatic carboxylic acids is 1. The zero-order chi connectivity index (χ0) is 12.6. The second kappa shape index (κ2) is 7.41. The molecule has 1 fully saturated rings. The third-order valence-corrected chi connectivity index (χ3v) is 2.95. The van der Waals surface area contributed by atoms with Crippen molar-refractivity contribution in [3.8, 4) is 0 Å². The number of rotatable bonds is 3. The van der Waals surface area contributed by atoms with Crippen LogP contribution in [0.5, 0.6) is 0 Å². The van der Waals surface area contributed by atoms with Crippen LogP contribution in [0, 0.1) is 5.41 Å². The van der Waals surface area contributed by atoms with E-state index in [-0.39, 0.29) is 24.2 Å². The standard InChI is InChI=1S/C8H16O2.C4H6O2/c9-6-8(7-10)4-2-1-3-5-8;1-3(2)4(5)6/h9-10H,1-7H2;1H2,2H3,(H,5,6). The van der Waals surface area contributed by atoms with Crippen LogP contribution in [-0.2, 0) is 4.79 Å². The molecule has 0 atom stereocenters. The van der Waals surface area contributed by atoms with E-state index in [1.165, 1.54) is 26.2 Å². The molecule has 0 aliphatic heterocycles. The molecule has 0 aromatic rings. The molecule has 0 heterocycles. The number of carboxylic acid groups (broad SMARTS) is 1. The first-order valence-corrected chi connectivity index (χ1v) is 5.58. The topological polar surface area (TPSA) is 77.8 Å². The van der Waals surface area contributed by atoms with Crippen LogP contribution in [-0.4, -0.2) is 34.5 Å². The number of carbonyl (C=O) groups is 1. The first kappa shape index (κ1) is 15.1. The van der Waals surface area contributed by atoms with Gasteiger partial charge in [0.25, 0.3) is 0 Å². The summed E-state index contributed by atoms with van der Waals surface area (Å²) in [5.74, 6) is -0.935. The number of aliphatic hydroxyl groups is 2. The van der Waals surface area contributed by atoms with Crippen LogP contribution >= 0.6 is 0 Å². The second-order valence-corrected chi connectivity index (χ2v) is 4.46. The van der Waals surface area contributed by atoms with E-state index in [4.69, 9.17) is 15.3 Å². The Morgan fingerprint density at radius 2 is 1.56 bits per heavy atom. The van der Waals surface area contributed by atoms with Gasteiger partial charge in [0.15, 0.2) is 0 Å². The Morgan fingerprint density at radius 1 is 1.19 bits per heavy atom. The average Bonchev–Trinajstić information content (AvgIpc) is 2.30. The predicted molar refractivity (Wildman–Crippen MR) is 62.1 cm³/mol. The Balaban J connectivity index is 0.000000325. The third kappa shape index (κ3) is 5.28. The van der Waals surface area contributed by atoms with Crippen molar-refractivity contribution in [2.45, 2.75) is 39.0 Å². The second-order valence-electron chi connectivity index (χ2n) is 4.46. The Hall–Kier alpha value is -0.870. The summed E-state index contributed by atoms with van der Waals surface area (Å²) in [6, 6.07) is 0. The molecule has 1 saturated carbocycles. The summed E-state index contributed by atoms with van der Waals surface area (Å²) >= 11 is 0. The molecule has 3 N–H and O–H groups in total. The molecule has 4 nitrogen and oxygen atoms in total. The molecular weight excluding hydrogens is 208 g/mol. The number of hydrogen-bond donors (Lipinski definition) is 3. The van der Waals surface area contributed by atoms with Crippen molar-refractivity contribution in [1.82, 2.24) is 0 Å². The first-order valence-electron chi connectivity index (χ1n) is 5.58. The fourth-order valence-electron chi connectivity index (χ4n) is 1.67. The van der Waals surface area contributed by atoms with Crippen LogP contribution in [0.15, 0.2) is 12.2 Å². The van der Waals surface area contributed by atoms with E-state index in [0.717, 1.165) is 12.8 Å². The lowest BCUT2D eigenvalue weighted by Gasteiger charge is -2.33. The highest BCUT2D eigenvalue weighted by molar-refractivity contribution is 5.84. The van der Waals surface area contributed by atoms with E-state index in [9.17, 15) is 4.79 Å². The van der Waals surface area contributed by atoms with Gasteiger partial charge in [-0.05, 0) is 19.8 Å². The van der Waals surface area contributed by atoms with Gasteiger partial charge in [0.05, 0.1) is 13.2 Å². The van der Waals surface area contributed by atoms with Gasteiger partial charge in [-0.25, -0.2) is 4.79 Å². The molecule has 0 amide bonds. The Bertz CT molecular complexity index is 211. The summed E-state index contributed by atoms with van der Waals surface area (Å²) in [7, 11) is 0. The lowest BCUT2D eigenvalue weighted by molar-refractivity contribution is -0.132. The average molecular weight is 230 g/mol. The molecule has 16 heavy (non-hydrogen) atoms. The number of carboxylic acids is 1. The van der Waals surface area contributed by atoms with Crippen LogP contribution in [0.3, 0.4) is 0 Å². The van der Waals surface area contributed by atoms with Crippen molar-refractivity contribution in [3.05, 3.63) is 12.2 Å². The highest BCUT2D eigenvalue weighted by atomic mass is 16.4. The fraction of sp³-hybridized carbons (Fsp3) is 0.750. The molecule has 0 aromatic carbocycles. The van der Waals surface area contributed by atoms with E-state index < -0.39 is 5.97 Å². The van der Waals surface area contributed by atoms with Crippen molar-refractivity contribution in [1.29, 1.82) is 0 Å². The van der Waals surface area contributed by atoms with E-state index in [2.05, 4.69) is 6.58 Å². The minimum absolute atomic E-state index is 0.127. The van der Waals surface area contributed by atoms with Crippen LogP contribution in [0.25, 0.3) is 0 Å². The normalized spacial score (nSPS) is 18.2. The van der Waals surface area contributed by atoms with Gasteiger partial charge in [-0.2, -0.15) is 0 Å². The first-order chi connectivity index (χ1) is 7.47. The highest BCUT2D eigenvalue weighted by Crippen LogP contribution is 2.34. The summed E-state index contributed by atoms with van der Waals surface area (Å²) in [5, 5.41) is 25.9. The SMILES string of the molecule is C=C(C)C(=O)O.OCC1(CO)CCCCC1. The smallest absolute Gasteiger partial charge is 0.330 e. The molecule has 94 valence electrons. The highest BCUT2D eigenvalue weighted by Gasteiger charge is 2.30. The van der Waals surface area contributed by atoms with Gasteiger partial charge in [0, 0.05) is 11.0 Å². The number of aliphatic hydroxyl groups excluding tert-OH is 2. The molecule has 0 radical (unpaired) electrons. The summed E-state index contributed by atoms with van der Waals surface area (Å²) in [6.07, 6.45) is 5.60. The molecule has 0 aromatic heterocycles. The van der Waals surface area contributed by atoms with Crippen LogP contribution in [0.2, 0.25) is 0 Å². The summed E-state index contributed by atoms with van der Waals surface area (Å²) in [6.45, 7) is 4.91.